The predicted octanol–water partition coefficient (Wildman–Crippen LogP) is 2.68. The second-order valence-corrected chi connectivity index (χ2v) is 6.47. The number of thiazole rings is 1. The molecule has 0 fully saturated rings. The Bertz CT molecular complexity index is 613. The highest BCUT2D eigenvalue weighted by atomic mass is 32.1. The molecular formula is C16H21N3O2S. The molecule has 0 saturated heterocycles. The molecule has 2 amide bonds. The molecule has 2 aromatic rings. The van der Waals surface area contributed by atoms with E-state index in [4.69, 9.17) is 0 Å². The highest BCUT2D eigenvalue weighted by Crippen LogP contribution is 2.16. The first-order chi connectivity index (χ1) is 10.6. The van der Waals surface area contributed by atoms with Gasteiger partial charge in [-0.05, 0) is 25.8 Å². The highest BCUT2D eigenvalue weighted by Gasteiger charge is 2.09. The summed E-state index contributed by atoms with van der Waals surface area (Å²) in [7, 11) is 0. The van der Waals surface area contributed by atoms with E-state index in [-0.39, 0.29) is 6.03 Å². The van der Waals surface area contributed by atoms with Gasteiger partial charge in [0.05, 0.1) is 23.4 Å². The van der Waals surface area contributed by atoms with Crippen LogP contribution in [0.2, 0.25) is 0 Å². The lowest BCUT2D eigenvalue weighted by Gasteiger charge is -2.12. The molecule has 2 rings (SSSR count). The molecule has 0 saturated carbocycles. The lowest BCUT2D eigenvalue weighted by atomic mass is 10.1. The van der Waals surface area contributed by atoms with Crippen LogP contribution in [0, 0.1) is 13.8 Å². The largest absolute Gasteiger partial charge is 0.388 e. The normalized spacial score (nSPS) is 12.0. The molecule has 1 aromatic heterocycles. The van der Waals surface area contributed by atoms with Gasteiger partial charge in [-0.15, -0.1) is 11.3 Å². The van der Waals surface area contributed by atoms with Crippen molar-refractivity contribution in [2.75, 3.05) is 6.54 Å². The summed E-state index contributed by atoms with van der Waals surface area (Å²) in [5, 5.41) is 16.5. The Morgan fingerprint density at radius 2 is 2.00 bits per heavy atom. The molecule has 3 N–H and O–H groups in total. The Hall–Kier alpha value is -1.92. The smallest absolute Gasteiger partial charge is 0.315 e. The third-order valence-corrected chi connectivity index (χ3v) is 4.23. The topological polar surface area (TPSA) is 74.2 Å². The monoisotopic (exact) mass is 319 g/mol. The number of aryl methyl sites for hydroxylation is 2. The SMILES string of the molecule is Cc1nc(CNC(=O)NCCC(O)c2ccccc2)c(C)s1. The van der Waals surface area contributed by atoms with E-state index in [2.05, 4.69) is 15.6 Å². The molecule has 0 spiro atoms. The molecule has 0 aliphatic heterocycles. The molecule has 1 unspecified atom stereocenters. The summed E-state index contributed by atoms with van der Waals surface area (Å²) in [6.07, 6.45) is -0.0864. The van der Waals surface area contributed by atoms with Crippen LogP contribution in [0.4, 0.5) is 4.79 Å². The summed E-state index contributed by atoms with van der Waals surface area (Å²) in [6.45, 7) is 4.78. The molecule has 5 nitrogen and oxygen atoms in total. The highest BCUT2D eigenvalue weighted by molar-refractivity contribution is 7.11. The van der Waals surface area contributed by atoms with Gasteiger partial charge in [-0.2, -0.15) is 0 Å². The summed E-state index contributed by atoms with van der Waals surface area (Å²) in [4.78, 5) is 17.2. The van der Waals surface area contributed by atoms with E-state index in [0.29, 0.717) is 19.5 Å². The van der Waals surface area contributed by atoms with Crippen molar-refractivity contribution < 1.29 is 9.90 Å². The second kappa shape index (κ2) is 7.91. The van der Waals surface area contributed by atoms with E-state index < -0.39 is 6.10 Å². The fourth-order valence-corrected chi connectivity index (χ4v) is 2.96. The average Bonchev–Trinajstić information content (AvgIpc) is 2.84. The van der Waals surface area contributed by atoms with Crippen molar-refractivity contribution in [2.45, 2.75) is 32.9 Å². The lowest BCUT2D eigenvalue weighted by Crippen LogP contribution is -2.36. The number of aliphatic hydroxyl groups excluding tert-OH is 1. The number of carbonyl (C=O) groups excluding carboxylic acids is 1. The third kappa shape index (κ3) is 4.82. The first kappa shape index (κ1) is 16.5. The van der Waals surface area contributed by atoms with Gasteiger partial charge in [0.1, 0.15) is 0 Å². The lowest BCUT2D eigenvalue weighted by molar-refractivity contribution is 0.167. The van der Waals surface area contributed by atoms with Gasteiger partial charge in [-0.1, -0.05) is 30.3 Å². The van der Waals surface area contributed by atoms with Crippen molar-refractivity contribution >= 4 is 17.4 Å². The van der Waals surface area contributed by atoms with Crippen molar-refractivity contribution in [3.8, 4) is 0 Å². The van der Waals surface area contributed by atoms with Crippen LogP contribution in [0.1, 0.15) is 33.7 Å². The van der Waals surface area contributed by atoms with E-state index in [1.54, 1.807) is 11.3 Å². The van der Waals surface area contributed by atoms with Gasteiger partial charge < -0.3 is 15.7 Å². The predicted molar refractivity (Wildman–Crippen MR) is 87.8 cm³/mol. The van der Waals surface area contributed by atoms with Crippen LogP contribution in [0.15, 0.2) is 30.3 Å². The number of nitrogens with zero attached hydrogens (tertiary/aromatic N) is 1. The number of aliphatic hydroxyl groups is 1. The first-order valence-electron chi connectivity index (χ1n) is 7.24. The molecule has 1 atom stereocenters. The minimum atomic E-state index is -0.565. The molecule has 1 aromatic carbocycles. The molecule has 0 aliphatic rings. The maximum absolute atomic E-state index is 11.7. The summed E-state index contributed by atoms with van der Waals surface area (Å²) in [5.41, 5.74) is 1.76. The van der Waals surface area contributed by atoms with Crippen LogP contribution >= 0.6 is 11.3 Å². The number of carbonyl (C=O) groups is 1. The standard InChI is InChI=1S/C16H21N3O2S/c1-11-14(19-12(2)22-11)10-18-16(21)17-9-8-15(20)13-6-4-3-5-7-13/h3-7,15,20H,8-10H2,1-2H3,(H2,17,18,21). The van der Waals surface area contributed by atoms with Crippen LogP contribution in [0.5, 0.6) is 0 Å². The van der Waals surface area contributed by atoms with Gasteiger partial charge in [0.15, 0.2) is 0 Å². The van der Waals surface area contributed by atoms with Crippen LogP contribution in [-0.2, 0) is 6.54 Å². The number of nitrogens with one attached hydrogen (secondary N) is 2. The van der Waals surface area contributed by atoms with Crippen LogP contribution in [0.3, 0.4) is 0 Å². The first-order valence-corrected chi connectivity index (χ1v) is 8.05. The van der Waals surface area contributed by atoms with Gasteiger partial charge in [0.25, 0.3) is 0 Å². The van der Waals surface area contributed by atoms with Crippen molar-refractivity contribution in [1.29, 1.82) is 0 Å². The number of aromatic nitrogens is 1. The number of benzene rings is 1. The molecule has 1 heterocycles. The fourth-order valence-electron chi connectivity index (χ4n) is 2.13. The maximum atomic E-state index is 11.7. The van der Waals surface area contributed by atoms with E-state index in [9.17, 15) is 9.90 Å². The zero-order valence-corrected chi connectivity index (χ0v) is 13.6. The van der Waals surface area contributed by atoms with E-state index in [0.717, 1.165) is 21.1 Å². The second-order valence-electron chi connectivity index (χ2n) is 5.06. The van der Waals surface area contributed by atoms with Crippen LogP contribution in [-0.4, -0.2) is 22.7 Å². The molecule has 0 aliphatic carbocycles. The Kier molecular flexibility index (Phi) is 5.91. The number of hydrogen-bond donors (Lipinski definition) is 3. The fraction of sp³-hybridized carbons (Fsp3) is 0.375. The number of rotatable bonds is 6. The van der Waals surface area contributed by atoms with Gasteiger partial charge in [-0.25, -0.2) is 9.78 Å². The Morgan fingerprint density at radius 3 is 2.64 bits per heavy atom. The number of hydrogen-bond acceptors (Lipinski definition) is 4. The Balaban J connectivity index is 1.69. The number of urea groups is 1. The minimum Gasteiger partial charge on any atom is -0.388 e. The molecular weight excluding hydrogens is 298 g/mol. The van der Waals surface area contributed by atoms with Crippen molar-refractivity contribution in [3.63, 3.8) is 0 Å². The average molecular weight is 319 g/mol. The van der Waals surface area contributed by atoms with E-state index in [1.807, 2.05) is 44.2 Å². The van der Waals surface area contributed by atoms with Gasteiger partial charge >= 0.3 is 6.03 Å². The van der Waals surface area contributed by atoms with Crippen LogP contribution in [0.25, 0.3) is 0 Å². The summed E-state index contributed by atoms with van der Waals surface area (Å²) >= 11 is 1.62. The Morgan fingerprint density at radius 1 is 1.27 bits per heavy atom. The molecule has 6 heteroatoms. The Labute approximate surface area is 134 Å². The minimum absolute atomic E-state index is 0.245. The van der Waals surface area contributed by atoms with E-state index >= 15 is 0 Å². The zero-order chi connectivity index (χ0) is 15.9. The number of amides is 2. The van der Waals surface area contributed by atoms with E-state index in [1.165, 1.54) is 0 Å². The molecule has 22 heavy (non-hydrogen) atoms. The van der Waals surface area contributed by atoms with Crippen LogP contribution < -0.4 is 10.6 Å². The zero-order valence-electron chi connectivity index (χ0n) is 12.8. The quantitative estimate of drug-likeness (QED) is 0.766. The molecule has 0 bridgehead atoms. The third-order valence-electron chi connectivity index (χ3n) is 3.30. The molecule has 118 valence electrons. The van der Waals surface area contributed by atoms with Crippen molar-refractivity contribution in [1.82, 2.24) is 15.6 Å². The summed E-state index contributed by atoms with van der Waals surface area (Å²) in [6, 6.07) is 9.18. The van der Waals surface area contributed by atoms with Gasteiger partial charge in [-0.3, -0.25) is 0 Å². The van der Waals surface area contributed by atoms with Gasteiger partial charge in [0.2, 0.25) is 0 Å². The maximum Gasteiger partial charge on any atom is 0.315 e. The van der Waals surface area contributed by atoms with Gasteiger partial charge in [0, 0.05) is 11.4 Å². The molecule has 0 radical (unpaired) electrons. The van der Waals surface area contributed by atoms with Crippen molar-refractivity contribution in [2.24, 2.45) is 0 Å². The van der Waals surface area contributed by atoms with Crippen molar-refractivity contribution in [3.05, 3.63) is 51.5 Å². The summed E-state index contributed by atoms with van der Waals surface area (Å²) in [5.74, 6) is 0. The summed E-state index contributed by atoms with van der Waals surface area (Å²) < 4.78 is 0.